The molecular formula is C20H27F3N4O5S. The molecule has 0 aromatic heterocycles. The lowest BCUT2D eigenvalue weighted by molar-refractivity contribution is -0.137. The minimum atomic E-state index is -4.63. The molecule has 1 saturated heterocycles. The number of nitrogens with zero attached hydrogens (tertiary/aromatic N) is 2. The molecule has 1 fully saturated rings. The Morgan fingerprint density at radius 3 is 2.61 bits per heavy atom. The van der Waals surface area contributed by atoms with E-state index in [-0.39, 0.29) is 32.0 Å². The number of sulfonamides is 1. The fourth-order valence-corrected chi connectivity index (χ4v) is 4.79. The average molecular weight is 493 g/mol. The van der Waals surface area contributed by atoms with Crippen LogP contribution in [0.4, 0.5) is 13.2 Å². The topological polar surface area (TPSA) is 100 Å². The van der Waals surface area contributed by atoms with E-state index in [0.717, 1.165) is 42.1 Å². The number of carbonyl (C=O) groups excluding carboxylic acids is 1. The maximum atomic E-state index is 12.9. The van der Waals surface area contributed by atoms with Crippen LogP contribution in [0.15, 0.2) is 40.9 Å². The van der Waals surface area contributed by atoms with Crippen molar-refractivity contribution in [3.63, 3.8) is 0 Å². The summed E-state index contributed by atoms with van der Waals surface area (Å²) in [5, 5.41) is 2.75. The van der Waals surface area contributed by atoms with Gasteiger partial charge in [-0.1, -0.05) is 6.07 Å². The van der Waals surface area contributed by atoms with Gasteiger partial charge in [-0.3, -0.25) is 20.0 Å². The van der Waals surface area contributed by atoms with Crippen LogP contribution in [0.5, 0.6) is 0 Å². The maximum Gasteiger partial charge on any atom is 0.416 e. The van der Waals surface area contributed by atoms with E-state index in [0.29, 0.717) is 31.5 Å². The van der Waals surface area contributed by atoms with Crippen LogP contribution in [0.2, 0.25) is 0 Å². The van der Waals surface area contributed by atoms with Gasteiger partial charge < -0.3 is 10.1 Å². The molecule has 2 aliphatic rings. The molecule has 2 heterocycles. The third-order valence-corrected chi connectivity index (χ3v) is 7.09. The van der Waals surface area contributed by atoms with Gasteiger partial charge in [0.25, 0.3) is 0 Å². The number of carbonyl (C=O) groups is 1. The summed E-state index contributed by atoms with van der Waals surface area (Å²) in [6.45, 7) is 4.08. The molecule has 33 heavy (non-hydrogen) atoms. The van der Waals surface area contributed by atoms with Crippen LogP contribution in [0.3, 0.4) is 0 Å². The van der Waals surface area contributed by atoms with Crippen LogP contribution in [-0.2, 0) is 30.6 Å². The molecule has 9 nitrogen and oxygen atoms in total. The van der Waals surface area contributed by atoms with E-state index < -0.39 is 26.7 Å². The first-order chi connectivity index (χ1) is 15.7. The summed E-state index contributed by atoms with van der Waals surface area (Å²) in [6.07, 6.45) is -2.81. The van der Waals surface area contributed by atoms with Crippen LogP contribution >= 0.6 is 0 Å². The SMILES string of the molecule is O=C(CONC1=CCN(S(=O)(=O)c2cccc(C(F)(F)F)c2)CC1)NCCN1CCOCC1. The highest BCUT2D eigenvalue weighted by atomic mass is 32.2. The van der Waals surface area contributed by atoms with Gasteiger partial charge in [0.05, 0.1) is 23.7 Å². The van der Waals surface area contributed by atoms with Crippen LogP contribution in [0, 0.1) is 0 Å². The third kappa shape index (κ3) is 7.40. The first-order valence-corrected chi connectivity index (χ1v) is 11.9. The summed E-state index contributed by atoms with van der Waals surface area (Å²) >= 11 is 0. The van der Waals surface area contributed by atoms with Crippen LogP contribution in [0.25, 0.3) is 0 Å². The first-order valence-electron chi connectivity index (χ1n) is 10.5. The smallest absolute Gasteiger partial charge is 0.379 e. The number of alkyl halides is 3. The molecule has 184 valence electrons. The lowest BCUT2D eigenvalue weighted by Gasteiger charge is -2.26. The number of nitrogens with one attached hydrogen (secondary N) is 2. The minimum absolute atomic E-state index is 0.0317. The lowest BCUT2D eigenvalue weighted by Crippen LogP contribution is -2.42. The highest BCUT2D eigenvalue weighted by molar-refractivity contribution is 7.89. The van der Waals surface area contributed by atoms with Crippen molar-refractivity contribution in [2.75, 3.05) is 59.1 Å². The predicted octanol–water partition coefficient (Wildman–Crippen LogP) is 0.953. The number of hydrogen-bond acceptors (Lipinski definition) is 7. The molecule has 0 unspecified atom stereocenters. The number of hydrogen-bond donors (Lipinski definition) is 2. The zero-order chi connectivity index (χ0) is 23.9. The Labute approximate surface area is 190 Å². The summed E-state index contributed by atoms with van der Waals surface area (Å²) in [5.74, 6) is -0.291. The van der Waals surface area contributed by atoms with Crippen molar-refractivity contribution in [2.24, 2.45) is 0 Å². The molecule has 1 aromatic rings. The Morgan fingerprint density at radius 2 is 1.94 bits per heavy atom. The van der Waals surface area contributed by atoms with E-state index in [4.69, 9.17) is 9.57 Å². The summed E-state index contributed by atoms with van der Waals surface area (Å²) < 4.78 is 70.5. The van der Waals surface area contributed by atoms with Gasteiger partial charge in [0.15, 0.2) is 6.61 Å². The van der Waals surface area contributed by atoms with Gasteiger partial charge in [0.1, 0.15) is 0 Å². The molecule has 13 heteroatoms. The molecule has 1 aromatic carbocycles. The van der Waals surface area contributed by atoms with E-state index in [2.05, 4.69) is 15.7 Å². The third-order valence-electron chi connectivity index (χ3n) is 5.23. The second-order valence-electron chi connectivity index (χ2n) is 7.56. The van der Waals surface area contributed by atoms with Crippen molar-refractivity contribution in [2.45, 2.75) is 17.5 Å². The Morgan fingerprint density at radius 1 is 1.18 bits per heavy atom. The van der Waals surface area contributed by atoms with Crippen molar-refractivity contribution in [1.82, 2.24) is 20.0 Å². The zero-order valence-corrected chi connectivity index (χ0v) is 18.8. The van der Waals surface area contributed by atoms with Crippen LogP contribution in [-0.4, -0.2) is 82.6 Å². The normalized spacial score (nSPS) is 18.6. The largest absolute Gasteiger partial charge is 0.416 e. The second kappa shape index (κ2) is 11.3. The predicted molar refractivity (Wildman–Crippen MR) is 112 cm³/mol. The van der Waals surface area contributed by atoms with E-state index in [1.54, 1.807) is 6.08 Å². The highest BCUT2D eigenvalue weighted by Gasteiger charge is 2.33. The Hall–Kier alpha value is -2.19. The van der Waals surface area contributed by atoms with Crippen molar-refractivity contribution in [3.05, 3.63) is 41.6 Å². The van der Waals surface area contributed by atoms with E-state index in [1.165, 1.54) is 0 Å². The van der Waals surface area contributed by atoms with Crippen molar-refractivity contribution >= 4 is 15.9 Å². The summed E-state index contributed by atoms with van der Waals surface area (Å²) in [7, 11) is -4.08. The monoisotopic (exact) mass is 492 g/mol. The molecule has 3 rings (SSSR count). The zero-order valence-electron chi connectivity index (χ0n) is 17.9. The number of amides is 1. The van der Waals surface area contributed by atoms with E-state index in [9.17, 15) is 26.4 Å². The molecule has 0 saturated carbocycles. The quantitative estimate of drug-likeness (QED) is 0.495. The van der Waals surface area contributed by atoms with Crippen molar-refractivity contribution in [1.29, 1.82) is 0 Å². The fraction of sp³-hybridized carbons (Fsp3) is 0.550. The molecule has 0 bridgehead atoms. The summed E-state index contributed by atoms with van der Waals surface area (Å²) in [5.41, 5.74) is 2.21. The van der Waals surface area contributed by atoms with Gasteiger partial charge in [-0.05, 0) is 24.3 Å². The molecule has 0 spiro atoms. The Balaban J connectivity index is 1.41. The molecule has 1 amide bonds. The molecule has 0 aliphatic carbocycles. The van der Waals surface area contributed by atoms with Gasteiger partial charge in [-0.25, -0.2) is 8.42 Å². The van der Waals surface area contributed by atoms with Crippen LogP contribution in [0.1, 0.15) is 12.0 Å². The number of halogens is 3. The van der Waals surface area contributed by atoms with E-state index in [1.807, 2.05) is 0 Å². The number of morpholine rings is 1. The maximum absolute atomic E-state index is 12.9. The number of hydroxylamine groups is 1. The minimum Gasteiger partial charge on any atom is -0.379 e. The Bertz CT molecular complexity index is 949. The second-order valence-corrected chi connectivity index (χ2v) is 9.50. The van der Waals surface area contributed by atoms with E-state index >= 15 is 0 Å². The molecular weight excluding hydrogens is 465 g/mol. The summed E-state index contributed by atoms with van der Waals surface area (Å²) in [6, 6.07) is 3.67. The fourth-order valence-electron chi connectivity index (χ4n) is 3.37. The molecule has 2 N–H and O–H groups in total. The standard InChI is InChI=1S/C20H27F3N4O5S/c21-20(22,23)16-2-1-3-18(14-16)33(29,30)27-7-4-17(5-8-27)25-32-15-19(28)24-6-9-26-10-12-31-13-11-26/h1-4,14,25H,5-13,15H2,(H,24,28). The summed E-state index contributed by atoms with van der Waals surface area (Å²) in [4.78, 5) is 18.8. The number of benzene rings is 1. The van der Waals surface area contributed by atoms with Gasteiger partial charge in [-0.2, -0.15) is 17.5 Å². The lowest BCUT2D eigenvalue weighted by atomic mass is 10.2. The van der Waals surface area contributed by atoms with Crippen molar-refractivity contribution < 1.29 is 36.0 Å². The van der Waals surface area contributed by atoms with Crippen molar-refractivity contribution in [3.8, 4) is 0 Å². The number of rotatable bonds is 9. The molecule has 2 aliphatic heterocycles. The number of ether oxygens (including phenoxy) is 1. The average Bonchev–Trinajstić information content (AvgIpc) is 2.80. The Kier molecular flexibility index (Phi) is 8.70. The van der Waals surface area contributed by atoms with Gasteiger partial charge in [-0.15, -0.1) is 0 Å². The van der Waals surface area contributed by atoms with Gasteiger partial charge >= 0.3 is 6.18 Å². The van der Waals surface area contributed by atoms with Gasteiger partial charge in [0, 0.05) is 51.4 Å². The first kappa shape index (κ1) is 25.4. The van der Waals surface area contributed by atoms with Crippen LogP contribution < -0.4 is 10.8 Å². The highest BCUT2D eigenvalue weighted by Crippen LogP contribution is 2.31. The van der Waals surface area contributed by atoms with Gasteiger partial charge in [0.2, 0.25) is 15.9 Å². The molecule has 0 atom stereocenters. The molecule has 0 radical (unpaired) electrons.